The van der Waals surface area contributed by atoms with Gasteiger partial charge < -0.3 is 0 Å². The van der Waals surface area contributed by atoms with Crippen LogP contribution in [0.4, 0.5) is 0 Å². The monoisotopic (exact) mass is 716 g/mol. The van der Waals surface area contributed by atoms with Crippen LogP contribution in [-0.4, -0.2) is 19.9 Å². The average Bonchev–Trinajstić information content (AvgIpc) is 3.26. The minimum atomic E-state index is 0.620. The summed E-state index contributed by atoms with van der Waals surface area (Å²) in [5, 5.41) is 7.50. The van der Waals surface area contributed by atoms with E-state index in [1.807, 2.05) is 74.5 Å². The molecule has 0 bridgehead atoms. The third-order valence-electron chi connectivity index (χ3n) is 10.6. The zero-order valence-corrected chi connectivity index (χ0v) is 31.1. The van der Waals surface area contributed by atoms with Crippen molar-refractivity contribution in [2.24, 2.45) is 0 Å². The van der Waals surface area contributed by atoms with Gasteiger partial charge in [-0.15, -0.1) is 0 Å². The minimum Gasteiger partial charge on any atom is -0.258 e. The lowest BCUT2D eigenvalue weighted by atomic mass is 9.90. The van der Waals surface area contributed by atoms with Gasteiger partial charge in [0.1, 0.15) is 0 Å². The van der Waals surface area contributed by atoms with Gasteiger partial charge >= 0.3 is 0 Å². The molecule has 0 unspecified atom stereocenters. The molecule has 0 amide bonds. The number of benzene rings is 8. The van der Waals surface area contributed by atoms with Crippen LogP contribution in [-0.2, 0) is 0 Å². The lowest BCUT2D eigenvalue weighted by Gasteiger charge is -2.15. The molecule has 0 saturated heterocycles. The highest BCUT2D eigenvalue weighted by atomic mass is 15.0. The first-order valence-corrected chi connectivity index (χ1v) is 19.0. The van der Waals surface area contributed by atoms with E-state index in [1.54, 1.807) is 0 Å². The van der Waals surface area contributed by atoms with Crippen LogP contribution in [0.1, 0.15) is 11.4 Å². The molecule has 10 aromatic rings. The van der Waals surface area contributed by atoms with Crippen molar-refractivity contribution in [3.63, 3.8) is 0 Å². The Labute approximate surface area is 325 Å². The first-order valence-electron chi connectivity index (χ1n) is 19.0. The van der Waals surface area contributed by atoms with Crippen molar-refractivity contribution in [3.8, 4) is 67.5 Å². The molecule has 0 saturated carbocycles. The summed E-state index contributed by atoms with van der Waals surface area (Å²) in [5.74, 6) is 1.89. The summed E-state index contributed by atoms with van der Waals surface area (Å²) < 4.78 is 0. The van der Waals surface area contributed by atoms with Gasteiger partial charge in [-0.3, -0.25) is 4.98 Å². The van der Waals surface area contributed by atoms with Crippen LogP contribution in [0, 0.1) is 13.8 Å². The van der Waals surface area contributed by atoms with E-state index < -0.39 is 0 Å². The molecule has 8 aromatic carbocycles. The first-order chi connectivity index (χ1) is 27.5. The van der Waals surface area contributed by atoms with Crippen LogP contribution in [0.15, 0.2) is 182 Å². The van der Waals surface area contributed by atoms with Crippen LogP contribution in [0.2, 0.25) is 0 Å². The standard InChI is InChI=1S/C52H36N4/c1-33-26-40(27-34(2)53-33)37-18-13-19-38(28-37)41-29-42(39-24-25-48-46-22-10-9-20-44(46)45-21-11-12-23-47(45)49(48)32-39)31-43(30-41)52-55-50(35-14-5-3-6-15-35)54-51(56-52)36-16-7-4-8-17-36/h3-32H,1-2H3. The van der Waals surface area contributed by atoms with Crippen molar-refractivity contribution < 1.29 is 0 Å². The number of nitrogens with zero attached hydrogens (tertiary/aromatic N) is 4. The van der Waals surface area contributed by atoms with Gasteiger partial charge in [-0.1, -0.05) is 140 Å². The lowest BCUT2D eigenvalue weighted by Crippen LogP contribution is -2.00. The molecule has 2 heterocycles. The smallest absolute Gasteiger partial charge is 0.164 e. The fourth-order valence-corrected chi connectivity index (χ4v) is 7.99. The van der Waals surface area contributed by atoms with Gasteiger partial charge in [-0.2, -0.15) is 0 Å². The predicted molar refractivity (Wildman–Crippen MR) is 232 cm³/mol. The number of aromatic nitrogens is 4. The molecule has 0 spiro atoms. The topological polar surface area (TPSA) is 51.6 Å². The number of hydrogen-bond donors (Lipinski definition) is 0. The van der Waals surface area contributed by atoms with Gasteiger partial charge in [0, 0.05) is 28.1 Å². The Morgan fingerprint density at radius 3 is 1.11 bits per heavy atom. The van der Waals surface area contributed by atoms with E-state index in [0.29, 0.717) is 17.5 Å². The SMILES string of the molecule is Cc1cc(-c2cccc(-c3cc(-c4ccc5c6ccccc6c6ccccc6c5c4)cc(-c4nc(-c5ccccc5)nc(-c5ccccc5)n4)c3)c2)cc(C)n1. The molecule has 4 nitrogen and oxygen atoms in total. The molecule has 10 rings (SSSR count). The van der Waals surface area contributed by atoms with Crippen LogP contribution in [0.5, 0.6) is 0 Å². The normalized spacial score (nSPS) is 11.4. The summed E-state index contributed by atoms with van der Waals surface area (Å²) in [7, 11) is 0. The average molecular weight is 717 g/mol. The summed E-state index contributed by atoms with van der Waals surface area (Å²) in [6.07, 6.45) is 0. The molecule has 0 aliphatic carbocycles. The van der Waals surface area contributed by atoms with Crippen molar-refractivity contribution >= 4 is 32.3 Å². The molecule has 2 aromatic heterocycles. The predicted octanol–water partition coefficient (Wildman–Crippen LogP) is 13.3. The van der Waals surface area contributed by atoms with E-state index in [0.717, 1.165) is 61.5 Å². The second kappa shape index (κ2) is 13.8. The maximum Gasteiger partial charge on any atom is 0.164 e. The number of rotatable bonds is 6. The Balaban J connectivity index is 1.21. The summed E-state index contributed by atoms with van der Waals surface area (Å²) in [6.45, 7) is 4.10. The second-order valence-electron chi connectivity index (χ2n) is 14.4. The highest BCUT2D eigenvalue weighted by Gasteiger charge is 2.16. The van der Waals surface area contributed by atoms with E-state index in [-0.39, 0.29) is 0 Å². The van der Waals surface area contributed by atoms with Gasteiger partial charge in [0.2, 0.25) is 0 Å². The zero-order valence-electron chi connectivity index (χ0n) is 31.1. The zero-order chi connectivity index (χ0) is 37.6. The molecule has 56 heavy (non-hydrogen) atoms. The molecule has 0 aliphatic rings. The van der Waals surface area contributed by atoms with Crippen molar-refractivity contribution in [3.05, 3.63) is 193 Å². The Morgan fingerprint density at radius 2 is 0.589 bits per heavy atom. The van der Waals surface area contributed by atoms with E-state index in [1.165, 1.54) is 32.3 Å². The van der Waals surface area contributed by atoms with Crippen molar-refractivity contribution in [2.75, 3.05) is 0 Å². The molecule has 0 radical (unpaired) electrons. The molecule has 264 valence electrons. The van der Waals surface area contributed by atoms with E-state index in [9.17, 15) is 0 Å². The van der Waals surface area contributed by atoms with Crippen molar-refractivity contribution in [1.82, 2.24) is 19.9 Å². The number of aryl methyl sites for hydroxylation is 2. The van der Waals surface area contributed by atoms with Gasteiger partial charge in [-0.05, 0) is 122 Å². The van der Waals surface area contributed by atoms with Gasteiger partial charge in [0.05, 0.1) is 0 Å². The Morgan fingerprint density at radius 1 is 0.232 bits per heavy atom. The third kappa shape index (κ3) is 6.17. The van der Waals surface area contributed by atoms with Crippen LogP contribution >= 0.6 is 0 Å². The Bertz CT molecular complexity index is 2990. The lowest BCUT2D eigenvalue weighted by molar-refractivity contribution is 1.07. The molecule has 0 N–H and O–H groups in total. The maximum atomic E-state index is 5.15. The van der Waals surface area contributed by atoms with Crippen LogP contribution in [0.25, 0.3) is 99.9 Å². The molecule has 0 atom stereocenters. The van der Waals surface area contributed by atoms with Gasteiger partial charge in [-0.25, -0.2) is 15.0 Å². The Kier molecular flexibility index (Phi) is 8.23. The van der Waals surface area contributed by atoms with E-state index in [4.69, 9.17) is 15.0 Å². The summed E-state index contributed by atoms with van der Waals surface area (Å²) in [5.41, 5.74) is 11.5. The number of hydrogen-bond acceptors (Lipinski definition) is 4. The highest BCUT2D eigenvalue weighted by Crippen LogP contribution is 2.39. The maximum absolute atomic E-state index is 5.15. The quantitative estimate of drug-likeness (QED) is 0.161. The van der Waals surface area contributed by atoms with E-state index in [2.05, 4.69) is 126 Å². The van der Waals surface area contributed by atoms with Crippen LogP contribution in [0.3, 0.4) is 0 Å². The fraction of sp³-hybridized carbons (Fsp3) is 0.0385. The minimum absolute atomic E-state index is 0.620. The second-order valence-corrected chi connectivity index (χ2v) is 14.4. The van der Waals surface area contributed by atoms with Gasteiger partial charge in [0.15, 0.2) is 17.5 Å². The highest BCUT2D eigenvalue weighted by molar-refractivity contribution is 6.25. The molecular formula is C52H36N4. The summed E-state index contributed by atoms with van der Waals surface area (Å²) in [6, 6.07) is 64.5. The van der Waals surface area contributed by atoms with E-state index >= 15 is 0 Å². The van der Waals surface area contributed by atoms with Gasteiger partial charge in [0.25, 0.3) is 0 Å². The molecule has 0 aliphatic heterocycles. The Hall–Kier alpha value is -7.30. The largest absolute Gasteiger partial charge is 0.258 e. The summed E-state index contributed by atoms with van der Waals surface area (Å²) >= 11 is 0. The third-order valence-corrected chi connectivity index (χ3v) is 10.6. The van der Waals surface area contributed by atoms with Crippen LogP contribution < -0.4 is 0 Å². The molecular weight excluding hydrogens is 681 g/mol. The number of fused-ring (bicyclic) bond motifs is 6. The summed E-state index contributed by atoms with van der Waals surface area (Å²) in [4.78, 5) is 19.9. The van der Waals surface area contributed by atoms with Crippen molar-refractivity contribution in [2.45, 2.75) is 13.8 Å². The first kappa shape index (κ1) is 33.3. The fourth-order valence-electron chi connectivity index (χ4n) is 7.99. The van der Waals surface area contributed by atoms with Crippen molar-refractivity contribution in [1.29, 1.82) is 0 Å². The molecule has 4 heteroatoms. The number of pyridine rings is 1. The molecule has 0 fully saturated rings.